The number of amides is 1. The molecule has 2 rings (SSSR count). The van der Waals surface area contributed by atoms with E-state index in [1.807, 2.05) is 25.1 Å². The zero-order valence-corrected chi connectivity index (χ0v) is 12.3. The molecule has 0 spiro atoms. The standard InChI is InChI=1S/C15H22N2O3/c1-10(15(16)18)17-8-4-5-13(17)12-9-11(19-2)6-7-14(12)20-3/h6-7,9-10,13H,4-5,8H2,1-3H3,(H2,16,18)/t10-,13+/m1/s1. The molecule has 0 aliphatic carbocycles. The first-order valence-electron chi connectivity index (χ1n) is 6.85. The lowest BCUT2D eigenvalue weighted by molar-refractivity contribution is -0.123. The number of rotatable bonds is 5. The van der Waals surface area contributed by atoms with Gasteiger partial charge in [-0.25, -0.2) is 0 Å². The molecule has 0 aromatic heterocycles. The number of primary amides is 1. The number of ether oxygens (including phenoxy) is 2. The number of hydrogen-bond acceptors (Lipinski definition) is 4. The normalized spacial score (nSPS) is 20.6. The molecule has 1 heterocycles. The molecule has 1 aliphatic heterocycles. The molecule has 1 aromatic rings. The van der Waals surface area contributed by atoms with E-state index >= 15 is 0 Å². The Morgan fingerprint density at radius 3 is 2.75 bits per heavy atom. The van der Waals surface area contributed by atoms with Crippen molar-refractivity contribution in [1.82, 2.24) is 4.90 Å². The molecule has 1 fully saturated rings. The first-order valence-corrected chi connectivity index (χ1v) is 6.85. The summed E-state index contributed by atoms with van der Waals surface area (Å²) in [6.45, 7) is 2.72. The Hall–Kier alpha value is -1.75. The van der Waals surface area contributed by atoms with Gasteiger partial charge in [0.2, 0.25) is 5.91 Å². The summed E-state index contributed by atoms with van der Waals surface area (Å²) in [4.78, 5) is 13.6. The summed E-state index contributed by atoms with van der Waals surface area (Å²) in [6.07, 6.45) is 2.03. The van der Waals surface area contributed by atoms with Gasteiger partial charge >= 0.3 is 0 Å². The van der Waals surface area contributed by atoms with Gasteiger partial charge in [-0.05, 0) is 44.5 Å². The van der Waals surface area contributed by atoms with Gasteiger partial charge in [0.25, 0.3) is 0 Å². The van der Waals surface area contributed by atoms with Crippen molar-refractivity contribution in [3.63, 3.8) is 0 Å². The molecule has 0 bridgehead atoms. The quantitative estimate of drug-likeness (QED) is 0.890. The maximum absolute atomic E-state index is 11.5. The van der Waals surface area contributed by atoms with Gasteiger partial charge in [-0.15, -0.1) is 0 Å². The molecule has 1 amide bonds. The van der Waals surface area contributed by atoms with Crippen LogP contribution in [0, 0.1) is 0 Å². The Bertz CT molecular complexity index is 490. The number of likely N-dealkylation sites (tertiary alicyclic amines) is 1. The Kier molecular flexibility index (Phi) is 4.49. The van der Waals surface area contributed by atoms with Crippen LogP contribution < -0.4 is 15.2 Å². The van der Waals surface area contributed by atoms with Crippen molar-refractivity contribution >= 4 is 5.91 Å². The fourth-order valence-corrected chi connectivity index (χ4v) is 2.85. The summed E-state index contributed by atoms with van der Waals surface area (Å²) in [5.74, 6) is 1.32. The zero-order valence-electron chi connectivity index (χ0n) is 12.3. The van der Waals surface area contributed by atoms with E-state index in [2.05, 4.69) is 4.90 Å². The molecule has 110 valence electrons. The topological polar surface area (TPSA) is 64.8 Å². The van der Waals surface area contributed by atoms with Crippen LogP contribution in [0.1, 0.15) is 31.4 Å². The van der Waals surface area contributed by atoms with Crippen LogP contribution in [0.4, 0.5) is 0 Å². The fourth-order valence-electron chi connectivity index (χ4n) is 2.85. The Balaban J connectivity index is 2.35. The summed E-state index contributed by atoms with van der Waals surface area (Å²) >= 11 is 0. The summed E-state index contributed by atoms with van der Waals surface area (Å²) in [5.41, 5.74) is 6.50. The number of nitrogens with two attached hydrogens (primary N) is 1. The van der Waals surface area contributed by atoms with Crippen LogP contribution in [0.5, 0.6) is 11.5 Å². The summed E-state index contributed by atoms with van der Waals surface area (Å²) < 4.78 is 10.7. The van der Waals surface area contributed by atoms with Crippen molar-refractivity contribution in [3.05, 3.63) is 23.8 Å². The van der Waals surface area contributed by atoms with Crippen LogP contribution in [0.25, 0.3) is 0 Å². The van der Waals surface area contributed by atoms with E-state index in [1.165, 1.54) is 0 Å². The summed E-state index contributed by atoms with van der Waals surface area (Å²) in [7, 11) is 3.30. The third kappa shape index (κ3) is 2.72. The predicted molar refractivity (Wildman–Crippen MR) is 76.9 cm³/mol. The molecular formula is C15H22N2O3. The molecule has 0 saturated carbocycles. The SMILES string of the molecule is COc1ccc(OC)c([C@@H]2CCCN2[C@H](C)C(N)=O)c1. The Morgan fingerprint density at radius 1 is 1.40 bits per heavy atom. The molecule has 1 aliphatic rings. The lowest BCUT2D eigenvalue weighted by Gasteiger charge is -2.30. The number of carbonyl (C=O) groups excluding carboxylic acids is 1. The van der Waals surface area contributed by atoms with Crippen LogP contribution in [0.3, 0.4) is 0 Å². The second-order valence-electron chi connectivity index (χ2n) is 5.08. The van der Waals surface area contributed by atoms with Gasteiger partial charge in [-0.1, -0.05) is 0 Å². The maximum atomic E-state index is 11.5. The van der Waals surface area contributed by atoms with Crippen molar-refractivity contribution in [1.29, 1.82) is 0 Å². The second kappa shape index (κ2) is 6.13. The highest BCUT2D eigenvalue weighted by Crippen LogP contribution is 2.39. The molecule has 1 saturated heterocycles. The number of benzene rings is 1. The molecular weight excluding hydrogens is 256 g/mol. The molecule has 0 radical (unpaired) electrons. The highest BCUT2D eigenvalue weighted by Gasteiger charge is 2.33. The average molecular weight is 278 g/mol. The van der Waals surface area contributed by atoms with E-state index in [1.54, 1.807) is 14.2 Å². The van der Waals surface area contributed by atoms with Crippen LogP contribution in [0.2, 0.25) is 0 Å². The smallest absolute Gasteiger partial charge is 0.234 e. The maximum Gasteiger partial charge on any atom is 0.234 e. The van der Waals surface area contributed by atoms with Gasteiger partial charge in [0.05, 0.1) is 20.3 Å². The van der Waals surface area contributed by atoms with E-state index in [4.69, 9.17) is 15.2 Å². The molecule has 5 nitrogen and oxygen atoms in total. The number of methoxy groups -OCH3 is 2. The number of nitrogens with zero attached hydrogens (tertiary/aromatic N) is 1. The number of hydrogen-bond donors (Lipinski definition) is 1. The lowest BCUT2D eigenvalue weighted by Crippen LogP contribution is -2.42. The first kappa shape index (κ1) is 14.7. The molecule has 5 heteroatoms. The van der Waals surface area contributed by atoms with Crippen molar-refractivity contribution in [3.8, 4) is 11.5 Å². The van der Waals surface area contributed by atoms with Gasteiger partial charge in [-0.3, -0.25) is 9.69 Å². The number of carbonyl (C=O) groups is 1. The van der Waals surface area contributed by atoms with Crippen LogP contribution in [-0.2, 0) is 4.79 Å². The van der Waals surface area contributed by atoms with E-state index in [0.717, 1.165) is 36.4 Å². The molecule has 20 heavy (non-hydrogen) atoms. The monoisotopic (exact) mass is 278 g/mol. The van der Waals surface area contributed by atoms with Gasteiger partial charge in [0, 0.05) is 11.6 Å². The van der Waals surface area contributed by atoms with Crippen molar-refractivity contribution in [2.75, 3.05) is 20.8 Å². The predicted octanol–water partition coefficient (Wildman–Crippen LogP) is 1.71. The summed E-state index contributed by atoms with van der Waals surface area (Å²) in [6, 6.07) is 5.62. The van der Waals surface area contributed by atoms with Gasteiger partial charge in [0.15, 0.2) is 0 Å². The van der Waals surface area contributed by atoms with E-state index in [-0.39, 0.29) is 18.0 Å². The highest BCUT2D eigenvalue weighted by molar-refractivity contribution is 5.79. The lowest BCUT2D eigenvalue weighted by atomic mass is 10.0. The van der Waals surface area contributed by atoms with Gasteiger partial charge in [-0.2, -0.15) is 0 Å². The van der Waals surface area contributed by atoms with E-state index in [0.29, 0.717) is 0 Å². The molecule has 1 aromatic carbocycles. The highest BCUT2D eigenvalue weighted by atomic mass is 16.5. The first-order chi connectivity index (χ1) is 9.58. The Morgan fingerprint density at radius 2 is 2.15 bits per heavy atom. The van der Waals surface area contributed by atoms with Crippen LogP contribution in [-0.4, -0.2) is 37.6 Å². The largest absolute Gasteiger partial charge is 0.497 e. The Labute approximate surface area is 119 Å². The van der Waals surface area contributed by atoms with Crippen molar-refractivity contribution in [2.24, 2.45) is 5.73 Å². The second-order valence-corrected chi connectivity index (χ2v) is 5.08. The van der Waals surface area contributed by atoms with Crippen LogP contribution >= 0.6 is 0 Å². The molecule has 2 N–H and O–H groups in total. The van der Waals surface area contributed by atoms with Gasteiger partial charge < -0.3 is 15.2 Å². The van der Waals surface area contributed by atoms with Crippen molar-refractivity contribution in [2.45, 2.75) is 31.8 Å². The zero-order chi connectivity index (χ0) is 14.7. The van der Waals surface area contributed by atoms with Gasteiger partial charge in [0.1, 0.15) is 11.5 Å². The third-order valence-electron chi connectivity index (χ3n) is 4.00. The minimum atomic E-state index is -0.293. The van der Waals surface area contributed by atoms with E-state index < -0.39 is 0 Å². The van der Waals surface area contributed by atoms with E-state index in [9.17, 15) is 4.79 Å². The van der Waals surface area contributed by atoms with Crippen LogP contribution in [0.15, 0.2) is 18.2 Å². The summed E-state index contributed by atoms with van der Waals surface area (Å²) in [5, 5.41) is 0. The minimum Gasteiger partial charge on any atom is -0.497 e. The molecule has 0 unspecified atom stereocenters. The minimum absolute atomic E-state index is 0.141. The third-order valence-corrected chi connectivity index (χ3v) is 4.00. The average Bonchev–Trinajstić information content (AvgIpc) is 2.94. The van der Waals surface area contributed by atoms with Crippen molar-refractivity contribution < 1.29 is 14.3 Å². The fraction of sp³-hybridized carbons (Fsp3) is 0.533. The molecule has 2 atom stereocenters.